The van der Waals surface area contributed by atoms with E-state index in [1.165, 1.54) is 26.0 Å². The molecular formula is C30H38FN7O3. The monoisotopic (exact) mass is 563 g/mol. The fourth-order valence-corrected chi connectivity index (χ4v) is 5.45. The molecule has 1 amide bonds. The number of halogens is 1. The molecule has 218 valence electrons. The maximum Gasteiger partial charge on any atom is 0.410 e. The summed E-state index contributed by atoms with van der Waals surface area (Å²) < 4.78 is 24.9. The van der Waals surface area contributed by atoms with Crippen molar-refractivity contribution in [2.75, 3.05) is 30.5 Å². The van der Waals surface area contributed by atoms with Crippen molar-refractivity contribution in [3.8, 4) is 5.75 Å². The Morgan fingerprint density at radius 1 is 1.02 bits per heavy atom. The number of carbonyl (C=O) groups is 1. The molecule has 1 aliphatic carbocycles. The molecule has 2 aliphatic rings. The average molecular weight is 564 g/mol. The first-order chi connectivity index (χ1) is 20.0. The number of hydrogen-bond acceptors (Lipinski definition) is 9. The summed E-state index contributed by atoms with van der Waals surface area (Å²) in [7, 11) is 1.43. The molecule has 0 radical (unpaired) electrons. The summed E-state index contributed by atoms with van der Waals surface area (Å²) in [5, 5.41) is 4.72. The maximum absolute atomic E-state index is 14.4. The molecular weight excluding hydrogens is 525 g/mol. The highest BCUT2D eigenvalue weighted by Gasteiger charge is 2.29. The molecule has 10 nitrogen and oxygen atoms in total. The smallest absolute Gasteiger partial charge is 0.410 e. The number of nitrogens with zero attached hydrogens (tertiary/aromatic N) is 5. The van der Waals surface area contributed by atoms with E-state index in [1.54, 1.807) is 22.0 Å². The molecule has 2 fully saturated rings. The van der Waals surface area contributed by atoms with Crippen molar-refractivity contribution in [2.24, 2.45) is 5.84 Å². The lowest BCUT2D eigenvalue weighted by molar-refractivity contribution is 0.0867. The average Bonchev–Trinajstić information content (AvgIpc) is 3.30. The van der Waals surface area contributed by atoms with Gasteiger partial charge in [-0.05, 0) is 43.4 Å². The number of benzene rings is 2. The van der Waals surface area contributed by atoms with Gasteiger partial charge in [0.25, 0.3) is 0 Å². The molecule has 3 N–H and O–H groups in total. The largest absolute Gasteiger partial charge is 0.494 e. The number of aromatic nitrogens is 3. The van der Waals surface area contributed by atoms with Crippen LogP contribution in [0.4, 0.5) is 26.8 Å². The van der Waals surface area contributed by atoms with Crippen LogP contribution in [0.1, 0.15) is 68.7 Å². The number of hydrazine groups is 1. The summed E-state index contributed by atoms with van der Waals surface area (Å²) in [5.74, 6) is 7.89. The van der Waals surface area contributed by atoms with Crippen molar-refractivity contribution in [3.05, 3.63) is 65.7 Å². The van der Waals surface area contributed by atoms with E-state index < -0.39 is 5.82 Å². The lowest BCUT2D eigenvalue weighted by atomic mass is 10.00. The van der Waals surface area contributed by atoms with E-state index in [9.17, 15) is 9.18 Å². The number of likely N-dealkylation sites (tertiary alicyclic amines) is 1. The number of methoxy groups -OCH3 is 1. The zero-order valence-electron chi connectivity index (χ0n) is 23.5. The quantitative estimate of drug-likeness (QED) is 0.203. The lowest BCUT2D eigenvalue weighted by Crippen LogP contribution is -2.50. The molecule has 0 unspecified atom stereocenters. The van der Waals surface area contributed by atoms with Crippen molar-refractivity contribution in [3.63, 3.8) is 0 Å². The Morgan fingerprint density at radius 2 is 1.76 bits per heavy atom. The summed E-state index contributed by atoms with van der Waals surface area (Å²) in [5.41, 5.74) is 1.45. The van der Waals surface area contributed by atoms with Gasteiger partial charge in [0.2, 0.25) is 11.9 Å². The molecule has 1 saturated carbocycles. The molecule has 11 heteroatoms. The van der Waals surface area contributed by atoms with E-state index in [-0.39, 0.29) is 30.4 Å². The van der Waals surface area contributed by atoms with Crippen LogP contribution in [0.25, 0.3) is 0 Å². The Kier molecular flexibility index (Phi) is 9.45. The van der Waals surface area contributed by atoms with Crippen molar-refractivity contribution in [1.29, 1.82) is 0 Å². The molecule has 5 rings (SSSR count). The first-order valence-corrected chi connectivity index (χ1v) is 14.4. The molecule has 2 aromatic carbocycles. The molecule has 0 atom stereocenters. The number of rotatable bonds is 8. The number of hydrogen-bond donors (Lipinski definition) is 2. The van der Waals surface area contributed by atoms with Gasteiger partial charge in [-0.25, -0.2) is 15.0 Å². The summed E-state index contributed by atoms with van der Waals surface area (Å²) >= 11 is 0. The fraction of sp³-hybridized carbons (Fsp3) is 0.467. The number of amides is 1. The first kappa shape index (κ1) is 28.5. The first-order valence-electron chi connectivity index (χ1n) is 14.4. The Morgan fingerprint density at radius 3 is 2.44 bits per heavy atom. The van der Waals surface area contributed by atoms with Gasteiger partial charge in [0.15, 0.2) is 11.6 Å². The van der Waals surface area contributed by atoms with Gasteiger partial charge in [-0.1, -0.05) is 56.0 Å². The molecule has 1 aromatic heterocycles. The second kappa shape index (κ2) is 13.6. The van der Waals surface area contributed by atoms with Crippen LogP contribution in [-0.4, -0.2) is 52.2 Å². The summed E-state index contributed by atoms with van der Waals surface area (Å²) in [6, 6.07) is 14.2. The van der Waals surface area contributed by atoms with E-state index in [0.29, 0.717) is 49.3 Å². The number of piperidine rings is 1. The van der Waals surface area contributed by atoms with Crippen LogP contribution in [0.5, 0.6) is 5.75 Å². The van der Waals surface area contributed by atoms with Gasteiger partial charge >= 0.3 is 6.09 Å². The van der Waals surface area contributed by atoms with E-state index in [2.05, 4.69) is 10.3 Å². The summed E-state index contributed by atoms with van der Waals surface area (Å²) in [6.07, 6.45) is 7.65. The minimum atomic E-state index is -0.481. The molecule has 41 heavy (non-hydrogen) atoms. The minimum absolute atomic E-state index is 0.0659. The number of ether oxygens (including phenoxy) is 2. The third-order valence-electron chi connectivity index (χ3n) is 7.82. The topological polar surface area (TPSA) is 119 Å². The van der Waals surface area contributed by atoms with E-state index >= 15 is 0 Å². The normalized spacial score (nSPS) is 16.6. The van der Waals surface area contributed by atoms with Crippen LogP contribution < -0.4 is 20.9 Å². The standard InChI is InChI=1S/C30H38FN7O3/c1-40-26-14-13-23(19-25(26)31)33-28-34-27(22-11-7-2-3-8-12-22)35-29(36-28)38(32)24-15-17-37(18-16-24)30(39)41-20-21-9-5-4-6-10-21/h4-6,9-10,13-14,19,22,24H,2-3,7-8,11-12,15-18,20,32H2,1H3,(H,33,34,35,36). The Labute approximate surface area is 240 Å². The van der Waals surface area contributed by atoms with Crippen molar-refractivity contribution >= 4 is 23.7 Å². The second-order valence-corrected chi connectivity index (χ2v) is 10.6. The van der Waals surface area contributed by atoms with Gasteiger partial charge in [0.1, 0.15) is 12.4 Å². The number of nitrogens with two attached hydrogens (primary N) is 1. The van der Waals surface area contributed by atoms with Crippen LogP contribution in [0, 0.1) is 5.82 Å². The Balaban J connectivity index is 1.28. The van der Waals surface area contributed by atoms with Crippen molar-refractivity contribution in [1.82, 2.24) is 19.9 Å². The van der Waals surface area contributed by atoms with E-state index in [4.69, 9.17) is 25.3 Å². The molecule has 2 heterocycles. The zero-order valence-corrected chi connectivity index (χ0v) is 23.5. The van der Waals surface area contributed by atoms with Crippen molar-refractivity contribution in [2.45, 2.75) is 69.9 Å². The van der Waals surface area contributed by atoms with E-state index in [0.717, 1.165) is 31.2 Å². The van der Waals surface area contributed by atoms with E-state index in [1.807, 2.05) is 30.3 Å². The molecule has 3 aromatic rings. The highest BCUT2D eigenvalue weighted by molar-refractivity contribution is 5.67. The number of nitrogens with one attached hydrogen (secondary N) is 1. The SMILES string of the molecule is COc1ccc(Nc2nc(C3CCCCCC3)nc(N(N)C3CCN(C(=O)OCc4ccccc4)CC3)n2)cc1F. The predicted octanol–water partition coefficient (Wildman–Crippen LogP) is 5.68. The van der Waals surface area contributed by atoms with Gasteiger partial charge in [-0.2, -0.15) is 15.0 Å². The molecule has 1 saturated heterocycles. The molecule has 1 aliphatic heterocycles. The third-order valence-corrected chi connectivity index (χ3v) is 7.82. The van der Waals surface area contributed by atoms with Gasteiger partial charge < -0.3 is 19.7 Å². The van der Waals surface area contributed by atoms with Crippen LogP contribution in [0.3, 0.4) is 0 Å². The third kappa shape index (κ3) is 7.40. The highest BCUT2D eigenvalue weighted by Crippen LogP contribution is 2.32. The predicted molar refractivity (Wildman–Crippen MR) is 154 cm³/mol. The van der Waals surface area contributed by atoms with Gasteiger partial charge in [0, 0.05) is 30.8 Å². The van der Waals surface area contributed by atoms with Crippen LogP contribution in [0.15, 0.2) is 48.5 Å². The maximum atomic E-state index is 14.4. The Hall–Kier alpha value is -3.99. The number of anilines is 3. The lowest BCUT2D eigenvalue weighted by Gasteiger charge is -2.35. The van der Waals surface area contributed by atoms with Crippen LogP contribution >= 0.6 is 0 Å². The van der Waals surface area contributed by atoms with Crippen molar-refractivity contribution < 1.29 is 18.7 Å². The number of carbonyl (C=O) groups excluding carboxylic acids is 1. The minimum Gasteiger partial charge on any atom is -0.494 e. The summed E-state index contributed by atoms with van der Waals surface area (Å²) in [6.45, 7) is 1.27. The van der Waals surface area contributed by atoms with Gasteiger partial charge in [0.05, 0.1) is 13.2 Å². The van der Waals surface area contributed by atoms with Gasteiger partial charge in [-0.15, -0.1) is 0 Å². The Bertz CT molecular complexity index is 1300. The van der Waals surface area contributed by atoms with Crippen LogP contribution in [0.2, 0.25) is 0 Å². The second-order valence-electron chi connectivity index (χ2n) is 10.6. The molecule has 0 spiro atoms. The highest BCUT2D eigenvalue weighted by atomic mass is 19.1. The molecule has 0 bridgehead atoms. The fourth-order valence-electron chi connectivity index (χ4n) is 5.45. The zero-order chi connectivity index (χ0) is 28.6. The van der Waals surface area contributed by atoms with Gasteiger partial charge in [-0.3, -0.25) is 5.01 Å². The summed E-state index contributed by atoms with van der Waals surface area (Å²) in [4.78, 5) is 28.5. The van der Waals surface area contributed by atoms with Crippen LogP contribution in [-0.2, 0) is 11.3 Å².